The van der Waals surface area contributed by atoms with Crippen molar-refractivity contribution >= 4 is 12.3 Å². The molecule has 1 heterocycles. The van der Waals surface area contributed by atoms with Gasteiger partial charge in [0.25, 0.3) is 0 Å². The van der Waals surface area contributed by atoms with Crippen molar-refractivity contribution in [2.75, 3.05) is 6.61 Å². The van der Waals surface area contributed by atoms with Crippen LogP contribution in [0.1, 0.15) is 37.7 Å². The Kier molecular flexibility index (Phi) is 5.60. The molecule has 0 aliphatic rings. The number of nitrogens with zero attached hydrogens (tertiary/aromatic N) is 2. The Morgan fingerprint density at radius 1 is 1.53 bits per heavy atom. The number of hydrazone groups is 1. The maximum Gasteiger partial charge on any atom is 0.427 e. The Labute approximate surface area is 114 Å². The summed E-state index contributed by atoms with van der Waals surface area (Å²) in [5.41, 5.74) is 5.69. The van der Waals surface area contributed by atoms with Crippen molar-refractivity contribution < 1.29 is 9.53 Å². The minimum Gasteiger partial charge on any atom is -0.449 e. The fourth-order valence-electron chi connectivity index (χ4n) is 1.92. The summed E-state index contributed by atoms with van der Waals surface area (Å²) in [7, 11) is 0. The van der Waals surface area contributed by atoms with Crippen LogP contribution in [0, 0.1) is 19.8 Å². The molecule has 0 spiro atoms. The molecule has 0 radical (unpaired) electrons. The number of aryl methyl sites for hydroxylation is 1. The van der Waals surface area contributed by atoms with Crippen LogP contribution < -0.4 is 5.43 Å². The van der Waals surface area contributed by atoms with Gasteiger partial charge in [0.05, 0.1) is 12.8 Å². The fourth-order valence-corrected chi connectivity index (χ4v) is 1.92. The van der Waals surface area contributed by atoms with E-state index in [1.165, 1.54) is 5.69 Å². The molecule has 0 bridgehead atoms. The fraction of sp³-hybridized carbons (Fsp3) is 0.571. The number of nitrogens with one attached hydrogen (secondary N) is 1. The summed E-state index contributed by atoms with van der Waals surface area (Å²) in [6, 6.07) is 2.06. The van der Waals surface area contributed by atoms with Crippen LogP contribution in [0.3, 0.4) is 0 Å². The average molecular weight is 265 g/mol. The van der Waals surface area contributed by atoms with Gasteiger partial charge >= 0.3 is 6.09 Å². The average Bonchev–Trinajstić information content (AvgIpc) is 2.57. The SMILES string of the molecule is CCOC(=O)N/N=C/c1cc(C)n(CC(C)C)c1C. The number of amides is 1. The van der Waals surface area contributed by atoms with Gasteiger partial charge < -0.3 is 9.30 Å². The van der Waals surface area contributed by atoms with E-state index >= 15 is 0 Å². The second kappa shape index (κ2) is 6.97. The molecule has 0 aromatic carbocycles. The van der Waals surface area contributed by atoms with Crippen LogP contribution in [0.2, 0.25) is 0 Å². The molecule has 0 saturated heterocycles. The minimum absolute atomic E-state index is 0.338. The molecule has 5 heteroatoms. The lowest BCUT2D eigenvalue weighted by Gasteiger charge is -2.11. The zero-order chi connectivity index (χ0) is 14.4. The molecule has 19 heavy (non-hydrogen) atoms. The van der Waals surface area contributed by atoms with Crippen LogP contribution >= 0.6 is 0 Å². The van der Waals surface area contributed by atoms with Crippen LogP contribution in [-0.4, -0.2) is 23.5 Å². The summed E-state index contributed by atoms with van der Waals surface area (Å²) in [5.74, 6) is 0.590. The first kappa shape index (κ1) is 15.3. The Morgan fingerprint density at radius 2 is 2.21 bits per heavy atom. The molecular formula is C14H23N3O2. The molecule has 0 fully saturated rings. The highest BCUT2D eigenvalue weighted by Crippen LogP contribution is 2.15. The zero-order valence-corrected chi connectivity index (χ0v) is 12.4. The number of carbonyl (C=O) groups is 1. The molecule has 1 amide bonds. The van der Waals surface area contributed by atoms with Crippen LogP contribution in [-0.2, 0) is 11.3 Å². The van der Waals surface area contributed by atoms with Gasteiger partial charge in [0.15, 0.2) is 0 Å². The molecule has 1 aromatic heterocycles. The molecular weight excluding hydrogens is 242 g/mol. The Bertz CT molecular complexity index is 462. The maximum atomic E-state index is 11.1. The van der Waals surface area contributed by atoms with E-state index in [-0.39, 0.29) is 0 Å². The van der Waals surface area contributed by atoms with E-state index in [1.54, 1.807) is 13.1 Å². The van der Waals surface area contributed by atoms with Gasteiger partial charge in [-0.2, -0.15) is 5.10 Å². The number of hydrogen-bond acceptors (Lipinski definition) is 3. The smallest absolute Gasteiger partial charge is 0.427 e. The first-order valence-corrected chi connectivity index (χ1v) is 6.58. The van der Waals surface area contributed by atoms with E-state index in [0.717, 1.165) is 17.8 Å². The molecule has 1 aromatic rings. The topological polar surface area (TPSA) is 55.6 Å². The van der Waals surface area contributed by atoms with Crippen molar-refractivity contribution in [3.05, 3.63) is 23.0 Å². The molecule has 1 N–H and O–H groups in total. The molecule has 0 aliphatic heterocycles. The number of hydrogen-bond donors (Lipinski definition) is 1. The van der Waals surface area contributed by atoms with Gasteiger partial charge in [0.2, 0.25) is 0 Å². The normalized spacial score (nSPS) is 11.3. The van der Waals surface area contributed by atoms with Gasteiger partial charge in [-0.1, -0.05) is 13.8 Å². The lowest BCUT2D eigenvalue weighted by atomic mass is 10.2. The maximum absolute atomic E-state index is 11.1. The molecule has 1 rings (SSSR count). The van der Waals surface area contributed by atoms with Crippen molar-refractivity contribution in [3.63, 3.8) is 0 Å². The van der Waals surface area contributed by atoms with Crippen LogP contribution in [0.5, 0.6) is 0 Å². The summed E-state index contributed by atoms with van der Waals surface area (Å²) < 4.78 is 6.98. The van der Waals surface area contributed by atoms with Crippen molar-refractivity contribution in [2.45, 2.75) is 41.2 Å². The van der Waals surface area contributed by atoms with Gasteiger partial charge in [-0.15, -0.1) is 0 Å². The van der Waals surface area contributed by atoms with Gasteiger partial charge in [-0.05, 0) is 32.8 Å². The molecule has 0 aliphatic carbocycles. The van der Waals surface area contributed by atoms with Gasteiger partial charge in [-0.25, -0.2) is 10.2 Å². The van der Waals surface area contributed by atoms with Crippen LogP contribution in [0.4, 0.5) is 4.79 Å². The van der Waals surface area contributed by atoms with Crippen molar-refractivity contribution in [1.29, 1.82) is 0 Å². The molecule has 0 unspecified atom stereocenters. The Balaban J connectivity index is 2.74. The molecule has 5 nitrogen and oxygen atoms in total. The summed E-state index contributed by atoms with van der Waals surface area (Å²) in [5, 5.41) is 3.89. The number of aromatic nitrogens is 1. The second-order valence-electron chi connectivity index (χ2n) is 4.92. The standard InChI is InChI=1S/C14H23N3O2/c1-6-19-14(18)16-15-8-13-7-11(4)17(12(13)5)9-10(2)3/h7-8,10H,6,9H2,1-5H3,(H,16,18)/b15-8+. The molecule has 0 atom stereocenters. The van der Waals surface area contributed by atoms with Crippen molar-refractivity contribution in [2.24, 2.45) is 11.0 Å². The summed E-state index contributed by atoms with van der Waals surface area (Å²) in [4.78, 5) is 11.1. The predicted octanol–water partition coefficient (Wildman–Crippen LogP) is 2.84. The lowest BCUT2D eigenvalue weighted by Crippen LogP contribution is -2.18. The highest BCUT2D eigenvalue weighted by Gasteiger charge is 2.08. The van der Waals surface area contributed by atoms with Crippen LogP contribution in [0.25, 0.3) is 0 Å². The van der Waals surface area contributed by atoms with E-state index in [9.17, 15) is 4.79 Å². The number of rotatable bonds is 5. The highest BCUT2D eigenvalue weighted by atomic mass is 16.5. The summed E-state index contributed by atoms with van der Waals surface area (Å²) in [6.45, 7) is 11.6. The first-order chi connectivity index (χ1) is 8.95. The Morgan fingerprint density at radius 3 is 2.79 bits per heavy atom. The molecule has 106 valence electrons. The van der Waals surface area contributed by atoms with Gasteiger partial charge in [0.1, 0.15) is 0 Å². The largest absolute Gasteiger partial charge is 0.449 e. The number of ether oxygens (including phenoxy) is 1. The quantitative estimate of drug-likeness (QED) is 0.657. The third-order valence-electron chi connectivity index (χ3n) is 2.80. The monoisotopic (exact) mass is 265 g/mol. The van der Waals surface area contributed by atoms with Gasteiger partial charge in [-0.3, -0.25) is 0 Å². The third kappa shape index (κ3) is 4.43. The highest BCUT2D eigenvalue weighted by molar-refractivity contribution is 5.82. The van der Waals surface area contributed by atoms with E-state index in [0.29, 0.717) is 12.5 Å². The summed E-state index contributed by atoms with van der Waals surface area (Å²) >= 11 is 0. The molecule has 0 saturated carbocycles. The lowest BCUT2D eigenvalue weighted by molar-refractivity contribution is 0.152. The third-order valence-corrected chi connectivity index (χ3v) is 2.80. The zero-order valence-electron chi connectivity index (χ0n) is 12.4. The summed E-state index contributed by atoms with van der Waals surface area (Å²) in [6.07, 6.45) is 1.12. The van der Waals surface area contributed by atoms with E-state index in [2.05, 4.69) is 48.9 Å². The van der Waals surface area contributed by atoms with E-state index < -0.39 is 6.09 Å². The second-order valence-corrected chi connectivity index (χ2v) is 4.92. The predicted molar refractivity (Wildman–Crippen MR) is 76.5 cm³/mol. The number of carbonyl (C=O) groups excluding carboxylic acids is 1. The van der Waals surface area contributed by atoms with E-state index in [1.807, 2.05) is 0 Å². The Hall–Kier alpha value is -1.78. The van der Waals surface area contributed by atoms with E-state index in [4.69, 9.17) is 4.74 Å². The first-order valence-electron chi connectivity index (χ1n) is 6.58. The van der Waals surface area contributed by atoms with Crippen molar-refractivity contribution in [3.8, 4) is 0 Å². The van der Waals surface area contributed by atoms with Gasteiger partial charge in [0, 0.05) is 23.5 Å². The van der Waals surface area contributed by atoms with Crippen LogP contribution in [0.15, 0.2) is 11.2 Å². The minimum atomic E-state index is -0.533. The van der Waals surface area contributed by atoms with Crippen molar-refractivity contribution in [1.82, 2.24) is 9.99 Å².